The second-order valence-electron chi connectivity index (χ2n) is 9.22. The third-order valence-corrected chi connectivity index (χ3v) is 6.41. The number of hydrogen-bond acceptors (Lipinski definition) is 5. The van der Waals surface area contributed by atoms with Crippen molar-refractivity contribution in [2.75, 3.05) is 53.5 Å². The van der Waals surface area contributed by atoms with Crippen LogP contribution in [-0.4, -0.2) is 79.7 Å². The first-order chi connectivity index (χ1) is 13.8. The highest BCUT2D eigenvalue weighted by atomic mass is 16.5. The van der Waals surface area contributed by atoms with Gasteiger partial charge in [0.2, 0.25) is 11.8 Å². The van der Waals surface area contributed by atoms with Gasteiger partial charge in [-0.15, -0.1) is 0 Å². The molecular formula is C21H30N4O4. The summed E-state index contributed by atoms with van der Waals surface area (Å²) in [5, 5.41) is 2.99. The Hall–Kier alpha value is -2.19. The Kier molecular flexibility index (Phi) is 5.25. The molecule has 0 saturated carbocycles. The van der Waals surface area contributed by atoms with Gasteiger partial charge in [-0.3, -0.25) is 14.4 Å². The molecule has 3 aliphatic heterocycles. The molecule has 8 nitrogen and oxygen atoms in total. The SMILES string of the molecule is CN(C)CC(=O)NC[C@H]1[C@H]2C[C@H](CN(C(=O)C3(C)COC3)C2)c2cccc(=O)n21. The minimum atomic E-state index is -0.433. The number of carbonyl (C=O) groups is 2. The number of piperidine rings is 1. The lowest BCUT2D eigenvalue weighted by atomic mass is 9.77. The molecule has 0 aliphatic carbocycles. The van der Waals surface area contributed by atoms with Gasteiger partial charge in [-0.2, -0.15) is 0 Å². The first-order valence-electron chi connectivity index (χ1n) is 10.3. The number of rotatable bonds is 5. The van der Waals surface area contributed by atoms with Crippen LogP contribution in [0.15, 0.2) is 23.0 Å². The second-order valence-corrected chi connectivity index (χ2v) is 9.22. The van der Waals surface area contributed by atoms with E-state index in [0.717, 1.165) is 12.1 Å². The fourth-order valence-corrected chi connectivity index (χ4v) is 4.95. The lowest BCUT2D eigenvalue weighted by Crippen LogP contribution is -2.59. The number of amides is 2. The Morgan fingerprint density at radius 3 is 2.69 bits per heavy atom. The molecule has 3 atom stereocenters. The highest BCUT2D eigenvalue weighted by molar-refractivity contribution is 5.83. The van der Waals surface area contributed by atoms with Gasteiger partial charge < -0.3 is 24.4 Å². The zero-order valence-corrected chi connectivity index (χ0v) is 17.4. The van der Waals surface area contributed by atoms with Crippen LogP contribution in [-0.2, 0) is 14.3 Å². The number of likely N-dealkylation sites (tertiary alicyclic amines) is 1. The lowest BCUT2D eigenvalue weighted by Gasteiger charge is -2.49. The first kappa shape index (κ1) is 20.1. The van der Waals surface area contributed by atoms with Gasteiger partial charge in [-0.25, -0.2) is 0 Å². The first-order valence-corrected chi connectivity index (χ1v) is 10.3. The summed E-state index contributed by atoms with van der Waals surface area (Å²) in [4.78, 5) is 41.8. The predicted octanol–water partition coefficient (Wildman–Crippen LogP) is 0.0494. The van der Waals surface area contributed by atoms with Crippen LogP contribution in [0.1, 0.15) is 31.0 Å². The number of nitrogens with one attached hydrogen (secondary N) is 1. The molecule has 1 aromatic heterocycles. The molecule has 1 N–H and O–H groups in total. The fraction of sp³-hybridized carbons (Fsp3) is 0.667. The second kappa shape index (κ2) is 7.57. The minimum Gasteiger partial charge on any atom is -0.379 e. The summed E-state index contributed by atoms with van der Waals surface area (Å²) in [7, 11) is 3.69. The summed E-state index contributed by atoms with van der Waals surface area (Å²) < 4.78 is 7.14. The molecule has 1 aromatic rings. The van der Waals surface area contributed by atoms with Gasteiger partial charge in [0.15, 0.2) is 0 Å². The fourth-order valence-electron chi connectivity index (χ4n) is 4.95. The standard InChI is InChI=1S/C21H30N4O4/c1-21(12-29-13-21)20(28)24-9-14-7-15(10-24)17(8-22-18(26)11-23(2)3)25-16(14)5-4-6-19(25)27/h4-6,14-15,17H,7-13H2,1-3H3,(H,22,26)/t14-,15+,17+/m1/s1. The predicted molar refractivity (Wildman–Crippen MR) is 108 cm³/mol. The van der Waals surface area contributed by atoms with Crippen LogP contribution in [0.25, 0.3) is 0 Å². The van der Waals surface area contributed by atoms with Gasteiger partial charge in [-0.1, -0.05) is 6.07 Å². The van der Waals surface area contributed by atoms with E-state index < -0.39 is 5.41 Å². The molecule has 8 heteroatoms. The summed E-state index contributed by atoms with van der Waals surface area (Å²) in [6.07, 6.45) is 0.925. The molecule has 4 rings (SSSR count). The molecule has 2 saturated heterocycles. The normalized spacial score (nSPS) is 27.2. The van der Waals surface area contributed by atoms with Gasteiger partial charge in [-0.05, 0) is 39.4 Å². The molecule has 158 valence electrons. The van der Waals surface area contributed by atoms with Crippen LogP contribution in [0.4, 0.5) is 0 Å². The number of pyridine rings is 1. The van der Waals surface area contributed by atoms with Crippen LogP contribution in [0.5, 0.6) is 0 Å². The molecule has 0 radical (unpaired) electrons. The topological polar surface area (TPSA) is 83.9 Å². The molecule has 2 fully saturated rings. The molecule has 29 heavy (non-hydrogen) atoms. The van der Waals surface area contributed by atoms with Crippen LogP contribution in [0.2, 0.25) is 0 Å². The van der Waals surface area contributed by atoms with Gasteiger partial charge >= 0.3 is 0 Å². The maximum atomic E-state index is 13.1. The van der Waals surface area contributed by atoms with Crippen molar-refractivity contribution in [1.29, 1.82) is 0 Å². The summed E-state index contributed by atoms with van der Waals surface area (Å²) in [5.41, 5.74) is 0.494. The van der Waals surface area contributed by atoms with Crippen molar-refractivity contribution in [1.82, 2.24) is 19.7 Å². The van der Waals surface area contributed by atoms with E-state index in [-0.39, 0.29) is 35.3 Å². The zero-order chi connectivity index (χ0) is 20.8. The van der Waals surface area contributed by atoms with Crippen LogP contribution >= 0.6 is 0 Å². The van der Waals surface area contributed by atoms with Crippen molar-refractivity contribution in [2.45, 2.75) is 25.3 Å². The van der Waals surface area contributed by atoms with E-state index in [1.807, 2.05) is 41.5 Å². The molecule has 2 bridgehead atoms. The van der Waals surface area contributed by atoms with E-state index in [0.29, 0.717) is 39.4 Å². The van der Waals surface area contributed by atoms with E-state index in [2.05, 4.69) is 5.32 Å². The minimum absolute atomic E-state index is 0.0387. The molecular weight excluding hydrogens is 372 g/mol. The van der Waals surface area contributed by atoms with Crippen molar-refractivity contribution < 1.29 is 14.3 Å². The number of ether oxygens (including phenoxy) is 1. The van der Waals surface area contributed by atoms with Crippen LogP contribution in [0, 0.1) is 11.3 Å². The van der Waals surface area contributed by atoms with Crippen molar-refractivity contribution >= 4 is 11.8 Å². The highest BCUT2D eigenvalue weighted by Crippen LogP contribution is 2.42. The molecule has 0 aromatic carbocycles. The molecule has 2 amide bonds. The Bertz CT molecular complexity index is 860. The lowest BCUT2D eigenvalue weighted by molar-refractivity contribution is -0.171. The molecule has 0 unspecified atom stereocenters. The van der Waals surface area contributed by atoms with Crippen molar-refractivity contribution in [3.8, 4) is 0 Å². The summed E-state index contributed by atoms with van der Waals surface area (Å²) in [5.74, 6) is 0.352. The Morgan fingerprint density at radius 1 is 1.28 bits per heavy atom. The van der Waals surface area contributed by atoms with E-state index >= 15 is 0 Å². The highest BCUT2D eigenvalue weighted by Gasteiger charge is 2.48. The smallest absolute Gasteiger partial charge is 0.251 e. The summed E-state index contributed by atoms with van der Waals surface area (Å²) in [6, 6.07) is 5.20. The third-order valence-electron chi connectivity index (χ3n) is 6.41. The average Bonchev–Trinajstić information content (AvgIpc) is 2.65. The van der Waals surface area contributed by atoms with Gasteiger partial charge in [0, 0.05) is 37.3 Å². The van der Waals surface area contributed by atoms with Gasteiger partial charge in [0.05, 0.1) is 31.2 Å². The zero-order valence-electron chi connectivity index (χ0n) is 17.4. The van der Waals surface area contributed by atoms with Gasteiger partial charge in [0.25, 0.3) is 5.56 Å². The van der Waals surface area contributed by atoms with Crippen molar-refractivity contribution in [3.05, 3.63) is 34.2 Å². The summed E-state index contributed by atoms with van der Waals surface area (Å²) >= 11 is 0. The van der Waals surface area contributed by atoms with Crippen LogP contribution < -0.4 is 10.9 Å². The Balaban J connectivity index is 1.59. The van der Waals surface area contributed by atoms with Crippen molar-refractivity contribution in [3.63, 3.8) is 0 Å². The number of fused-ring (bicyclic) bond motifs is 4. The van der Waals surface area contributed by atoms with E-state index in [1.165, 1.54) is 0 Å². The largest absolute Gasteiger partial charge is 0.379 e. The van der Waals surface area contributed by atoms with E-state index in [1.54, 1.807) is 12.1 Å². The van der Waals surface area contributed by atoms with E-state index in [9.17, 15) is 14.4 Å². The number of hydrogen-bond donors (Lipinski definition) is 1. The van der Waals surface area contributed by atoms with Crippen LogP contribution in [0.3, 0.4) is 0 Å². The number of carbonyl (C=O) groups excluding carboxylic acids is 2. The molecule has 4 heterocycles. The number of nitrogens with zero attached hydrogens (tertiary/aromatic N) is 3. The monoisotopic (exact) mass is 402 g/mol. The quantitative estimate of drug-likeness (QED) is 0.753. The third kappa shape index (κ3) is 3.71. The Labute approximate surface area is 170 Å². The maximum Gasteiger partial charge on any atom is 0.251 e. The maximum absolute atomic E-state index is 13.1. The van der Waals surface area contributed by atoms with Gasteiger partial charge in [0.1, 0.15) is 0 Å². The van der Waals surface area contributed by atoms with Crippen molar-refractivity contribution in [2.24, 2.45) is 11.3 Å². The Morgan fingerprint density at radius 2 is 2.03 bits per heavy atom. The number of aromatic nitrogens is 1. The molecule has 0 spiro atoms. The average molecular weight is 402 g/mol. The molecule has 3 aliphatic rings. The number of likely N-dealkylation sites (N-methyl/N-ethyl adjacent to an activating group) is 1. The summed E-state index contributed by atoms with van der Waals surface area (Å²) in [6.45, 7) is 4.84. The van der Waals surface area contributed by atoms with E-state index in [4.69, 9.17) is 4.74 Å².